The van der Waals surface area contributed by atoms with Gasteiger partial charge in [0.15, 0.2) is 0 Å². The topological polar surface area (TPSA) is 41.3 Å². The number of aromatic nitrogens is 2. The van der Waals surface area contributed by atoms with Crippen LogP contribution in [0, 0.1) is 0 Å². The van der Waals surface area contributed by atoms with Crippen LogP contribution < -0.4 is 0 Å². The molecule has 0 aliphatic carbocycles. The van der Waals surface area contributed by atoms with E-state index in [-0.39, 0.29) is 6.10 Å². The Labute approximate surface area is 77.8 Å². The Hall–Kier alpha value is -0.870. The first-order valence-corrected chi connectivity index (χ1v) is 4.62. The Morgan fingerprint density at radius 1 is 1.69 bits per heavy atom. The van der Waals surface area contributed by atoms with Crippen LogP contribution >= 0.6 is 0 Å². The molecular weight excluding hydrogens is 166 g/mol. The molecule has 0 bridgehead atoms. The summed E-state index contributed by atoms with van der Waals surface area (Å²) >= 11 is 0. The molecule has 0 unspecified atom stereocenters. The van der Waals surface area contributed by atoms with Crippen molar-refractivity contribution in [3.63, 3.8) is 0 Å². The molecule has 4 heteroatoms. The zero-order valence-electron chi connectivity index (χ0n) is 7.85. The number of imidazole rings is 1. The van der Waals surface area contributed by atoms with Gasteiger partial charge in [0.1, 0.15) is 5.82 Å². The van der Waals surface area contributed by atoms with E-state index < -0.39 is 0 Å². The fourth-order valence-corrected chi connectivity index (χ4v) is 1.70. The Kier molecular flexibility index (Phi) is 2.33. The fourth-order valence-electron chi connectivity index (χ4n) is 1.70. The maximum Gasteiger partial charge on any atom is 0.122 e. The van der Waals surface area contributed by atoms with E-state index in [0.29, 0.717) is 0 Å². The minimum absolute atomic E-state index is 0.139. The summed E-state index contributed by atoms with van der Waals surface area (Å²) in [5, 5.41) is 9.33. The van der Waals surface area contributed by atoms with Crippen molar-refractivity contribution in [2.45, 2.75) is 19.1 Å². The van der Waals surface area contributed by atoms with Gasteiger partial charge in [-0.2, -0.15) is 0 Å². The molecule has 0 saturated carbocycles. The van der Waals surface area contributed by atoms with Crippen molar-refractivity contribution in [3.8, 4) is 0 Å². The summed E-state index contributed by atoms with van der Waals surface area (Å²) in [6.45, 7) is 2.61. The number of aryl methyl sites for hydroxylation is 1. The van der Waals surface area contributed by atoms with Crippen molar-refractivity contribution >= 4 is 0 Å². The van der Waals surface area contributed by atoms with Crippen LogP contribution in [0.2, 0.25) is 0 Å². The normalized spacial score (nSPS) is 24.0. The largest absolute Gasteiger partial charge is 0.392 e. The molecule has 72 valence electrons. The van der Waals surface area contributed by atoms with Crippen molar-refractivity contribution in [1.29, 1.82) is 0 Å². The Bertz CT molecular complexity index is 284. The molecular formula is C9H15N3O. The number of hydrogen-bond acceptors (Lipinski definition) is 3. The third-order valence-electron chi connectivity index (χ3n) is 2.53. The molecule has 1 fully saturated rings. The second-order valence-electron chi connectivity index (χ2n) is 3.63. The summed E-state index contributed by atoms with van der Waals surface area (Å²) < 4.78 is 2.02. The van der Waals surface area contributed by atoms with Gasteiger partial charge in [0.2, 0.25) is 0 Å². The van der Waals surface area contributed by atoms with Crippen LogP contribution in [0.25, 0.3) is 0 Å². The van der Waals surface area contributed by atoms with Crippen molar-refractivity contribution in [2.75, 3.05) is 13.1 Å². The van der Waals surface area contributed by atoms with Gasteiger partial charge in [0, 0.05) is 32.5 Å². The van der Waals surface area contributed by atoms with Crippen LogP contribution in [0.15, 0.2) is 12.4 Å². The summed E-state index contributed by atoms with van der Waals surface area (Å²) in [5.74, 6) is 1.06. The van der Waals surface area contributed by atoms with Gasteiger partial charge >= 0.3 is 0 Å². The van der Waals surface area contributed by atoms with Gasteiger partial charge in [-0.1, -0.05) is 0 Å². The molecule has 13 heavy (non-hydrogen) atoms. The van der Waals surface area contributed by atoms with Gasteiger partial charge in [-0.15, -0.1) is 0 Å². The number of aliphatic hydroxyl groups excluding tert-OH is 1. The molecule has 1 aliphatic rings. The third-order valence-corrected chi connectivity index (χ3v) is 2.53. The number of aliphatic hydroxyl groups is 1. The van der Waals surface area contributed by atoms with Gasteiger partial charge in [0.25, 0.3) is 0 Å². The van der Waals surface area contributed by atoms with Crippen LogP contribution in [-0.2, 0) is 13.6 Å². The first kappa shape index (κ1) is 8.72. The van der Waals surface area contributed by atoms with E-state index in [2.05, 4.69) is 9.88 Å². The molecule has 0 aromatic carbocycles. The molecule has 1 atom stereocenters. The number of hydrogen-bond donors (Lipinski definition) is 1. The Morgan fingerprint density at radius 2 is 2.54 bits per heavy atom. The second-order valence-corrected chi connectivity index (χ2v) is 3.63. The zero-order chi connectivity index (χ0) is 9.26. The van der Waals surface area contributed by atoms with Gasteiger partial charge in [-0.3, -0.25) is 4.90 Å². The van der Waals surface area contributed by atoms with E-state index in [1.807, 2.05) is 24.0 Å². The molecule has 0 spiro atoms. The molecule has 2 rings (SSSR count). The summed E-state index contributed by atoms with van der Waals surface area (Å²) in [4.78, 5) is 6.47. The molecule has 0 amide bonds. The van der Waals surface area contributed by atoms with E-state index in [0.717, 1.165) is 31.9 Å². The lowest BCUT2D eigenvalue weighted by Crippen LogP contribution is -2.23. The van der Waals surface area contributed by atoms with E-state index in [1.54, 1.807) is 0 Å². The first-order chi connectivity index (χ1) is 6.25. The van der Waals surface area contributed by atoms with Crippen LogP contribution in [0.5, 0.6) is 0 Å². The summed E-state index contributed by atoms with van der Waals surface area (Å²) in [7, 11) is 1.99. The molecule has 1 aromatic heterocycles. The highest BCUT2D eigenvalue weighted by Crippen LogP contribution is 2.11. The lowest BCUT2D eigenvalue weighted by Gasteiger charge is -2.13. The van der Waals surface area contributed by atoms with E-state index in [4.69, 9.17) is 0 Å². The van der Waals surface area contributed by atoms with Crippen LogP contribution in [-0.4, -0.2) is 38.8 Å². The van der Waals surface area contributed by atoms with Crippen molar-refractivity contribution in [3.05, 3.63) is 18.2 Å². The lowest BCUT2D eigenvalue weighted by atomic mass is 10.3. The zero-order valence-corrected chi connectivity index (χ0v) is 7.85. The van der Waals surface area contributed by atoms with E-state index >= 15 is 0 Å². The van der Waals surface area contributed by atoms with Crippen molar-refractivity contribution in [1.82, 2.24) is 14.5 Å². The number of nitrogens with zero attached hydrogens (tertiary/aromatic N) is 3. The summed E-state index contributed by atoms with van der Waals surface area (Å²) in [5.41, 5.74) is 0. The SMILES string of the molecule is Cn1ccnc1CN1CC[C@H](O)C1. The van der Waals surface area contributed by atoms with Gasteiger partial charge in [0.05, 0.1) is 12.6 Å². The van der Waals surface area contributed by atoms with Crippen molar-refractivity contribution < 1.29 is 5.11 Å². The van der Waals surface area contributed by atoms with Gasteiger partial charge in [-0.25, -0.2) is 4.98 Å². The molecule has 1 saturated heterocycles. The number of β-amino-alcohol motifs (C(OH)–C–C–N with tert-alkyl or cyclic N) is 1. The quantitative estimate of drug-likeness (QED) is 0.697. The van der Waals surface area contributed by atoms with Crippen LogP contribution in [0.3, 0.4) is 0 Å². The highest BCUT2D eigenvalue weighted by atomic mass is 16.3. The molecule has 1 aliphatic heterocycles. The molecule has 0 radical (unpaired) electrons. The van der Waals surface area contributed by atoms with E-state index in [1.165, 1.54) is 0 Å². The molecule has 1 N–H and O–H groups in total. The molecule has 2 heterocycles. The van der Waals surface area contributed by atoms with E-state index in [9.17, 15) is 5.11 Å². The highest BCUT2D eigenvalue weighted by molar-refractivity contribution is 4.92. The monoisotopic (exact) mass is 181 g/mol. The Balaban J connectivity index is 1.95. The van der Waals surface area contributed by atoms with Crippen LogP contribution in [0.1, 0.15) is 12.2 Å². The smallest absolute Gasteiger partial charge is 0.122 e. The first-order valence-electron chi connectivity index (χ1n) is 4.62. The standard InChI is InChI=1S/C9H15N3O/c1-11-5-3-10-9(11)7-12-4-2-8(13)6-12/h3,5,8,13H,2,4,6-7H2,1H3/t8-/m0/s1. The van der Waals surface area contributed by atoms with Gasteiger partial charge < -0.3 is 9.67 Å². The second kappa shape index (κ2) is 3.47. The minimum Gasteiger partial charge on any atom is -0.392 e. The fraction of sp³-hybridized carbons (Fsp3) is 0.667. The highest BCUT2D eigenvalue weighted by Gasteiger charge is 2.20. The number of rotatable bonds is 2. The van der Waals surface area contributed by atoms with Crippen LogP contribution in [0.4, 0.5) is 0 Å². The summed E-state index contributed by atoms with van der Waals surface area (Å²) in [6, 6.07) is 0. The third kappa shape index (κ3) is 1.89. The summed E-state index contributed by atoms with van der Waals surface area (Å²) in [6.07, 6.45) is 4.51. The maximum absolute atomic E-state index is 9.33. The lowest BCUT2D eigenvalue weighted by molar-refractivity contribution is 0.173. The maximum atomic E-state index is 9.33. The van der Waals surface area contributed by atoms with Crippen molar-refractivity contribution in [2.24, 2.45) is 7.05 Å². The van der Waals surface area contributed by atoms with Gasteiger partial charge in [-0.05, 0) is 6.42 Å². The molecule has 1 aromatic rings. The molecule has 4 nitrogen and oxygen atoms in total. The average molecular weight is 181 g/mol. The predicted octanol–water partition coefficient (Wildman–Crippen LogP) is -0.0133. The number of likely N-dealkylation sites (tertiary alicyclic amines) is 1. The minimum atomic E-state index is -0.139. The Morgan fingerprint density at radius 3 is 3.08 bits per heavy atom. The average Bonchev–Trinajstić information content (AvgIpc) is 2.64. The predicted molar refractivity (Wildman–Crippen MR) is 49.1 cm³/mol.